The summed E-state index contributed by atoms with van der Waals surface area (Å²) in [5.41, 5.74) is 0.344. The summed E-state index contributed by atoms with van der Waals surface area (Å²) < 4.78 is 1.52. The monoisotopic (exact) mass is 532 g/mol. The van der Waals surface area contributed by atoms with Crippen molar-refractivity contribution in [3.05, 3.63) is 56.5 Å². The van der Waals surface area contributed by atoms with Crippen molar-refractivity contribution in [1.29, 1.82) is 0 Å². The Hall–Kier alpha value is -3.64. The number of fused-ring (bicyclic) bond motifs is 1. The Balaban J connectivity index is 1.59. The number of carbonyl (C=O) groups is 2. The number of allylic oxidation sites excluding steroid dienone is 4. The number of thiazole rings is 1. The lowest BCUT2D eigenvalue weighted by Crippen LogP contribution is -2.61. The summed E-state index contributed by atoms with van der Waals surface area (Å²) in [4.78, 5) is 49.4. The third-order valence-electron chi connectivity index (χ3n) is 7.47. The molecule has 1 N–H and O–H groups in total. The highest BCUT2D eigenvalue weighted by Crippen LogP contribution is 2.36. The van der Waals surface area contributed by atoms with E-state index in [2.05, 4.69) is 16.8 Å². The van der Waals surface area contributed by atoms with Gasteiger partial charge in [-0.1, -0.05) is 29.6 Å². The minimum Gasteiger partial charge on any atom is -0.503 e. The van der Waals surface area contributed by atoms with E-state index in [1.165, 1.54) is 21.5 Å². The number of carbonyl (C=O) groups excluding carboxylic acids is 2. The van der Waals surface area contributed by atoms with Crippen LogP contribution in [0.2, 0.25) is 0 Å². The molecule has 0 radical (unpaired) electrons. The van der Waals surface area contributed by atoms with Gasteiger partial charge >= 0.3 is 0 Å². The first-order valence-electron chi connectivity index (χ1n) is 13.0. The Labute approximate surface area is 226 Å². The predicted molar refractivity (Wildman–Crippen MR) is 147 cm³/mol. The Kier molecular flexibility index (Phi) is 6.78. The second-order valence-corrected chi connectivity index (χ2v) is 11.8. The zero-order valence-corrected chi connectivity index (χ0v) is 23.0. The second kappa shape index (κ2) is 9.91. The molecule has 0 spiro atoms. The Morgan fingerprint density at radius 2 is 1.97 bits per heavy atom. The SMILES string of the molecule is CC1=CC=C(Cc2cnc(-c3cn4c(c(O)c3=O)C(=O)N(C(C)C)C[C@@]4(C)C(=O)N3CCCC3)s2)C#CC1. The summed E-state index contributed by atoms with van der Waals surface area (Å²) in [6.45, 7) is 9.01. The van der Waals surface area contributed by atoms with Crippen LogP contribution in [0.25, 0.3) is 10.6 Å². The molecule has 1 fully saturated rings. The highest BCUT2D eigenvalue weighted by atomic mass is 32.1. The van der Waals surface area contributed by atoms with Gasteiger partial charge in [-0.25, -0.2) is 4.98 Å². The van der Waals surface area contributed by atoms with Crippen molar-refractivity contribution in [3.63, 3.8) is 0 Å². The lowest BCUT2D eigenvalue weighted by molar-refractivity contribution is -0.140. The first kappa shape index (κ1) is 26.0. The minimum atomic E-state index is -1.18. The lowest BCUT2D eigenvalue weighted by atomic mass is 9.92. The molecule has 9 heteroatoms. The zero-order chi connectivity index (χ0) is 27.2. The van der Waals surface area contributed by atoms with Crippen LogP contribution in [-0.2, 0) is 16.8 Å². The van der Waals surface area contributed by atoms with Crippen LogP contribution in [0.15, 0.2) is 40.5 Å². The molecule has 8 nitrogen and oxygen atoms in total. The van der Waals surface area contributed by atoms with E-state index in [9.17, 15) is 19.5 Å². The van der Waals surface area contributed by atoms with E-state index in [1.54, 1.807) is 24.2 Å². The Bertz CT molecular complexity index is 1500. The molecule has 2 aromatic heterocycles. The third kappa shape index (κ3) is 4.47. The first-order chi connectivity index (χ1) is 18.1. The molecule has 3 aliphatic rings. The van der Waals surface area contributed by atoms with Gasteiger partial charge in [0, 0.05) is 54.8 Å². The summed E-state index contributed by atoms with van der Waals surface area (Å²) >= 11 is 1.35. The van der Waals surface area contributed by atoms with E-state index in [0.717, 1.165) is 29.7 Å². The maximum Gasteiger partial charge on any atom is 0.274 e. The van der Waals surface area contributed by atoms with Gasteiger partial charge in [0.2, 0.25) is 11.3 Å². The number of nitrogens with zero attached hydrogens (tertiary/aromatic N) is 4. The van der Waals surface area contributed by atoms with Gasteiger partial charge in [-0.05, 0) is 40.5 Å². The number of pyridine rings is 1. The van der Waals surface area contributed by atoms with Gasteiger partial charge in [-0.2, -0.15) is 0 Å². The summed E-state index contributed by atoms with van der Waals surface area (Å²) in [5.74, 6) is 5.11. The largest absolute Gasteiger partial charge is 0.503 e. The van der Waals surface area contributed by atoms with Gasteiger partial charge in [0.15, 0.2) is 11.4 Å². The quantitative estimate of drug-likeness (QED) is 0.593. The van der Waals surface area contributed by atoms with E-state index >= 15 is 0 Å². The third-order valence-corrected chi connectivity index (χ3v) is 8.50. The van der Waals surface area contributed by atoms with E-state index in [1.807, 2.05) is 37.8 Å². The van der Waals surface area contributed by atoms with E-state index in [-0.39, 0.29) is 29.8 Å². The van der Waals surface area contributed by atoms with Gasteiger partial charge in [-0.15, -0.1) is 11.3 Å². The summed E-state index contributed by atoms with van der Waals surface area (Å²) in [5, 5.41) is 11.5. The van der Waals surface area contributed by atoms with Crippen molar-refractivity contribution in [2.24, 2.45) is 0 Å². The molecule has 2 amide bonds. The molecule has 5 rings (SSSR count). The molecule has 2 aromatic rings. The first-order valence-corrected chi connectivity index (χ1v) is 13.8. The van der Waals surface area contributed by atoms with Crippen LogP contribution >= 0.6 is 11.3 Å². The molecule has 0 aromatic carbocycles. The van der Waals surface area contributed by atoms with Crippen LogP contribution in [0.4, 0.5) is 0 Å². The molecular formula is C29H32N4O4S. The fourth-order valence-electron chi connectivity index (χ4n) is 5.26. The van der Waals surface area contributed by atoms with Crippen molar-refractivity contribution in [2.75, 3.05) is 19.6 Å². The smallest absolute Gasteiger partial charge is 0.274 e. The zero-order valence-electron chi connectivity index (χ0n) is 22.2. The van der Waals surface area contributed by atoms with Crippen LogP contribution in [0.3, 0.4) is 0 Å². The van der Waals surface area contributed by atoms with Gasteiger partial charge in [0.1, 0.15) is 10.5 Å². The highest BCUT2D eigenvalue weighted by Gasteiger charge is 2.49. The van der Waals surface area contributed by atoms with E-state index < -0.39 is 22.6 Å². The van der Waals surface area contributed by atoms with E-state index in [0.29, 0.717) is 24.5 Å². The van der Waals surface area contributed by atoms with Crippen LogP contribution < -0.4 is 5.43 Å². The number of likely N-dealkylation sites (tertiary alicyclic amines) is 1. The number of hydrogen-bond donors (Lipinski definition) is 1. The number of aromatic nitrogens is 2. The van der Waals surface area contributed by atoms with Crippen molar-refractivity contribution in [3.8, 4) is 28.2 Å². The molecule has 0 saturated carbocycles. The van der Waals surface area contributed by atoms with Crippen LogP contribution in [0, 0.1) is 11.8 Å². The second-order valence-electron chi connectivity index (χ2n) is 10.7. The molecule has 38 heavy (non-hydrogen) atoms. The van der Waals surface area contributed by atoms with Crippen molar-refractivity contribution >= 4 is 23.2 Å². The molecule has 0 unspecified atom stereocenters. The topological polar surface area (TPSA) is 95.7 Å². The van der Waals surface area contributed by atoms with Crippen molar-refractivity contribution in [2.45, 2.75) is 65.0 Å². The fraction of sp³-hybridized carbons (Fsp3) is 0.448. The van der Waals surface area contributed by atoms with Crippen LogP contribution in [0.5, 0.6) is 5.75 Å². The summed E-state index contributed by atoms with van der Waals surface area (Å²) in [7, 11) is 0. The predicted octanol–water partition coefficient (Wildman–Crippen LogP) is 3.70. The minimum absolute atomic E-state index is 0.120. The van der Waals surface area contributed by atoms with Gasteiger partial charge < -0.3 is 19.5 Å². The van der Waals surface area contributed by atoms with E-state index in [4.69, 9.17) is 0 Å². The van der Waals surface area contributed by atoms with Gasteiger partial charge in [-0.3, -0.25) is 14.4 Å². The van der Waals surface area contributed by atoms with Gasteiger partial charge in [0.05, 0.1) is 12.1 Å². The van der Waals surface area contributed by atoms with Gasteiger partial charge in [0.25, 0.3) is 5.91 Å². The van der Waals surface area contributed by atoms with Crippen molar-refractivity contribution in [1.82, 2.24) is 19.4 Å². The number of hydrogen-bond acceptors (Lipinski definition) is 6. The highest BCUT2D eigenvalue weighted by molar-refractivity contribution is 7.15. The van der Waals surface area contributed by atoms with Crippen LogP contribution in [-0.4, -0.2) is 61.9 Å². The molecule has 1 saturated heterocycles. The Morgan fingerprint density at radius 1 is 1.24 bits per heavy atom. The molecule has 4 heterocycles. The molecule has 2 aliphatic heterocycles. The average molecular weight is 533 g/mol. The Morgan fingerprint density at radius 3 is 2.68 bits per heavy atom. The number of aromatic hydroxyl groups is 1. The average Bonchev–Trinajstić information content (AvgIpc) is 3.54. The maximum absolute atomic E-state index is 13.9. The number of amides is 2. The van der Waals surface area contributed by atoms with Crippen LogP contribution in [0.1, 0.15) is 62.3 Å². The molecule has 1 atom stereocenters. The normalized spacial score (nSPS) is 21.0. The summed E-state index contributed by atoms with van der Waals surface area (Å²) in [6, 6.07) is -0.210. The lowest BCUT2D eigenvalue weighted by Gasteiger charge is -2.45. The molecule has 1 aliphatic carbocycles. The number of rotatable bonds is 5. The maximum atomic E-state index is 13.9. The molecule has 198 valence electrons. The van der Waals surface area contributed by atoms with Crippen molar-refractivity contribution < 1.29 is 14.7 Å². The standard InChI is InChI=1S/C29H32N4O4S/c1-18(2)32-17-29(4,28(37)31-12-5-6-13-31)33-16-22(24(34)25(35)23(33)27(32)36)26-30-15-21(38-26)14-20-9-7-8-19(3)10-11-20/h10-11,15-16,18,35H,5-6,8,12-14,17H2,1-4H3/t29-/m0/s1. The fourth-order valence-corrected chi connectivity index (χ4v) is 6.20. The molecular weight excluding hydrogens is 500 g/mol. The molecule has 0 bridgehead atoms. The summed E-state index contributed by atoms with van der Waals surface area (Å²) in [6.07, 6.45) is 10.5.